The summed E-state index contributed by atoms with van der Waals surface area (Å²) in [5, 5.41) is 3.33. The summed E-state index contributed by atoms with van der Waals surface area (Å²) < 4.78 is 65.8. The molecule has 0 atom stereocenters. The molecule has 2 aromatic rings. The summed E-state index contributed by atoms with van der Waals surface area (Å²) in [6.45, 7) is 1.43. The van der Waals surface area contributed by atoms with Gasteiger partial charge >= 0.3 is 5.97 Å². The summed E-state index contributed by atoms with van der Waals surface area (Å²) in [7, 11) is 0. The highest BCUT2D eigenvalue weighted by Gasteiger charge is 2.31. The molecular weight excluding hydrogens is 321 g/mol. The first-order valence-electron chi connectivity index (χ1n) is 6.17. The number of nitrogens with zero attached hydrogens (tertiary/aromatic N) is 1. The lowest BCUT2D eigenvalue weighted by atomic mass is 10.1. The molecule has 0 N–H and O–H groups in total. The van der Waals surface area contributed by atoms with Crippen LogP contribution in [0.25, 0.3) is 0 Å². The topological polar surface area (TPSA) is 38.7 Å². The van der Waals surface area contributed by atoms with Gasteiger partial charge in [-0.3, -0.25) is 0 Å². The summed E-state index contributed by atoms with van der Waals surface area (Å²) in [4.78, 5) is 15.8. The Morgan fingerprint density at radius 3 is 1.87 bits per heavy atom. The molecule has 8 heteroatoms. The van der Waals surface area contributed by atoms with E-state index < -0.39 is 40.6 Å². The van der Waals surface area contributed by atoms with Crippen molar-refractivity contribution in [2.24, 2.45) is 5.16 Å². The van der Waals surface area contributed by atoms with Crippen LogP contribution in [0.15, 0.2) is 35.5 Å². The van der Waals surface area contributed by atoms with E-state index in [9.17, 15) is 26.7 Å². The van der Waals surface area contributed by atoms with Gasteiger partial charge in [0.1, 0.15) is 5.56 Å². The molecule has 0 fully saturated rings. The number of hydrogen-bond donors (Lipinski definition) is 0. The van der Waals surface area contributed by atoms with Crippen molar-refractivity contribution in [1.82, 2.24) is 0 Å². The number of rotatable bonds is 3. The lowest BCUT2D eigenvalue weighted by molar-refractivity contribution is 0.0501. The van der Waals surface area contributed by atoms with Gasteiger partial charge < -0.3 is 4.84 Å². The fourth-order valence-corrected chi connectivity index (χ4v) is 1.67. The fraction of sp³-hybridized carbons (Fsp3) is 0.0667. The zero-order valence-electron chi connectivity index (χ0n) is 11.5. The number of halogens is 5. The second-order valence-corrected chi connectivity index (χ2v) is 4.37. The highest BCUT2D eigenvalue weighted by Crippen LogP contribution is 2.23. The van der Waals surface area contributed by atoms with E-state index in [0.29, 0.717) is 5.56 Å². The molecular formula is C15H8F5NO2. The molecule has 23 heavy (non-hydrogen) atoms. The van der Waals surface area contributed by atoms with E-state index >= 15 is 0 Å². The second kappa shape index (κ2) is 6.55. The monoisotopic (exact) mass is 329 g/mol. The van der Waals surface area contributed by atoms with E-state index in [-0.39, 0.29) is 5.71 Å². The van der Waals surface area contributed by atoms with Crippen LogP contribution in [0, 0.1) is 29.1 Å². The van der Waals surface area contributed by atoms with Crippen molar-refractivity contribution in [2.45, 2.75) is 6.92 Å². The summed E-state index contributed by atoms with van der Waals surface area (Å²) >= 11 is 0. The maximum atomic E-state index is 13.4. The summed E-state index contributed by atoms with van der Waals surface area (Å²) in [6, 6.07) is 8.29. The Hall–Kier alpha value is -2.77. The quantitative estimate of drug-likeness (QED) is 0.213. The molecule has 0 unspecified atom stereocenters. The number of benzene rings is 2. The van der Waals surface area contributed by atoms with Crippen LogP contribution in [0.5, 0.6) is 0 Å². The van der Waals surface area contributed by atoms with E-state index in [4.69, 9.17) is 0 Å². The molecule has 0 spiro atoms. The molecule has 3 nitrogen and oxygen atoms in total. The van der Waals surface area contributed by atoms with Crippen molar-refractivity contribution in [3.8, 4) is 0 Å². The Balaban J connectivity index is 2.32. The standard InChI is InChI=1S/C15H8F5NO2/c1-7(8-5-3-2-4-6-8)21-23-15(22)9-10(16)12(18)14(20)13(19)11(9)17/h2-6H,1H3. The maximum Gasteiger partial charge on any atom is 0.371 e. The van der Waals surface area contributed by atoms with Gasteiger partial charge in [-0.05, 0) is 12.5 Å². The summed E-state index contributed by atoms with van der Waals surface area (Å²) in [5.74, 6) is -13.2. The molecule has 0 heterocycles. The molecule has 2 rings (SSSR count). The number of hydrogen-bond acceptors (Lipinski definition) is 3. The number of oxime groups is 1. The predicted octanol–water partition coefficient (Wildman–Crippen LogP) is 3.96. The number of carbonyl (C=O) groups is 1. The predicted molar refractivity (Wildman–Crippen MR) is 70.3 cm³/mol. The minimum Gasteiger partial charge on any atom is -0.312 e. The van der Waals surface area contributed by atoms with Crippen molar-refractivity contribution in [3.63, 3.8) is 0 Å². The first-order valence-corrected chi connectivity index (χ1v) is 6.17. The minimum atomic E-state index is -2.36. The van der Waals surface area contributed by atoms with Crippen molar-refractivity contribution < 1.29 is 31.6 Å². The van der Waals surface area contributed by atoms with Gasteiger partial charge in [0.05, 0.1) is 5.71 Å². The van der Waals surface area contributed by atoms with Gasteiger partial charge in [-0.25, -0.2) is 26.7 Å². The third-order valence-electron chi connectivity index (χ3n) is 2.87. The van der Waals surface area contributed by atoms with Gasteiger partial charge in [0.25, 0.3) is 0 Å². The lowest BCUT2D eigenvalue weighted by Gasteiger charge is -2.06. The molecule has 0 amide bonds. The number of carbonyl (C=O) groups excluding carboxylic acids is 1. The molecule has 0 aliphatic carbocycles. The van der Waals surface area contributed by atoms with Crippen LogP contribution in [0.3, 0.4) is 0 Å². The normalized spacial score (nSPS) is 11.5. The molecule has 120 valence electrons. The molecule has 0 radical (unpaired) electrons. The van der Waals surface area contributed by atoms with E-state index in [0.717, 1.165) is 0 Å². The highest BCUT2D eigenvalue weighted by molar-refractivity contribution is 5.99. The molecule has 0 aliphatic rings. The molecule has 0 aliphatic heterocycles. The lowest BCUT2D eigenvalue weighted by Crippen LogP contribution is -2.14. The second-order valence-electron chi connectivity index (χ2n) is 4.37. The van der Waals surface area contributed by atoms with Gasteiger partial charge in [0.2, 0.25) is 5.82 Å². The Bertz CT molecular complexity index is 761. The van der Waals surface area contributed by atoms with E-state index in [1.54, 1.807) is 30.3 Å². The maximum absolute atomic E-state index is 13.4. The molecule has 2 aromatic carbocycles. The van der Waals surface area contributed by atoms with Crippen LogP contribution in [0.2, 0.25) is 0 Å². The van der Waals surface area contributed by atoms with Crippen molar-refractivity contribution >= 4 is 11.7 Å². The van der Waals surface area contributed by atoms with Crippen LogP contribution in [0.4, 0.5) is 22.0 Å². The van der Waals surface area contributed by atoms with Crippen LogP contribution >= 0.6 is 0 Å². The Kier molecular flexibility index (Phi) is 4.73. The summed E-state index contributed by atoms with van der Waals surface area (Å²) in [6.07, 6.45) is 0. The SMILES string of the molecule is CC(=NOC(=O)c1c(F)c(F)c(F)c(F)c1F)c1ccccc1. The van der Waals surface area contributed by atoms with Crippen molar-refractivity contribution in [2.75, 3.05) is 0 Å². The van der Waals surface area contributed by atoms with Gasteiger partial charge in [-0.2, -0.15) is 0 Å². The van der Waals surface area contributed by atoms with Crippen molar-refractivity contribution in [3.05, 3.63) is 70.5 Å². The molecule has 0 bridgehead atoms. The van der Waals surface area contributed by atoms with Crippen LogP contribution in [0.1, 0.15) is 22.8 Å². The zero-order valence-corrected chi connectivity index (χ0v) is 11.5. The van der Waals surface area contributed by atoms with Crippen LogP contribution < -0.4 is 0 Å². The van der Waals surface area contributed by atoms with E-state index in [1.165, 1.54) is 6.92 Å². The highest BCUT2D eigenvalue weighted by atomic mass is 19.2. The largest absolute Gasteiger partial charge is 0.371 e. The van der Waals surface area contributed by atoms with Gasteiger partial charge in [-0.15, -0.1) is 0 Å². The average Bonchev–Trinajstić information content (AvgIpc) is 2.57. The average molecular weight is 329 g/mol. The van der Waals surface area contributed by atoms with E-state index in [2.05, 4.69) is 9.99 Å². The minimum absolute atomic E-state index is 0.169. The van der Waals surface area contributed by atoms with Crippen LogP contribution in [-0.2, 0) is 4.84 Å². The van der Waals surface area contributed by atoms with Crippen molar-refractivity contribution in [1.29, 1.82) is 0 Å². The fourth-order valence-electron chi connectivity index (χ4n) is 1.67. The molecule has 0 saturated heterocycles. The van der Waals surface area contributed by atoms with Gasteiger partial charge in [0, 0.05) is 0 Å². The van der Waals surface area contributed by atoms with Gasteiger partial charge in [0.15, 0.2) is 23.3 Å². The van der Waals surface area contributed by atoms with Gasteiger partial charge in [-0.1, -0.05) is 35.5 Å². The van der Waals surface area contributed by atoms with E-state index in [1.807, 2.05) is 0 Å². The first-order chi connectivity index (χ1) is 10.8. The Morgan fingerprint density at radius 1 is 0.870 bits per heavy atom. The first kappa shape index (κ1) is 16.6. The third-order valence-corrected chi connectivity index (χ3v) is 2.87. The zero-order chi connectivity index (χ0) is 17.1. The molecule has 0 aromatic heterocycles. The Labute approximate surface area is 127 Å². The summed E-state index contributed by atoms with van der Waals surface area (Å²) in [5.41, 5.74) is -0.994. The van der Waals surface area contributed by atoms with Crippen LogP contribution in [-0.4, -0.2) is 11.7 Å². The molecule has 0 saturated carbocycles. The Morgan fingerprint density at radius 2 is 1.35 bits per heavy atom. The third kappa shape index (κ3) is 3.20. The smallest absolute Gasteiger partial charge is 0.312 e.